The van der Waals surface area contributed by atoms with Gasteiger partial charge in [-0.25, -0.2) is 4.57 Å². The number of carbonyl (C=O) groups excluding carboxylic acids is 1. The number of carbonyl (C=O) groups is 1. The van der Waals surface area contributed by atoms with Gasteiger partial charge in [0.25, 0.3) is 0 Å². The van der Waals surface area contributed by atoms with Crippen LogP contribution in [-0.4, -0.2) is 26.2 Å². The summed E-state index contributed by atoms with van der Waals surface area (Å²) >= 11 is 5.36. The van der Waals surface area contributed by atoms with Crippen LogP contribution in [0.15, 0.2) is 0 Å². The summed E-state index contributed by atoms with van der Waals surface area (Å²) in [5, 5.41) is 0. The lowest BCUT2D eigenvalue weighted by atomic mass is 10.4. The van der Waals surface area contributed by atoms with Crippen LogP contribution in [0.2, 0.25) is 0 Å². The van der Waals surface area contributed by atoms with Crippen molar-refractivity contribution in [3.05, 3.63) is 0 Å². The molecule has 0 amide bonds. The molecule has 0 aromatic carbocycles. The molecule has 0 bridgehead atoms. The summed E-state index contributed by atoms with van der Waals surface area (Å²) in [5.74, 6) is -0.181. The Balaban J connectivity index is 0.000000217. The highest BCUT2D eigenvalue weighted by Gasteiger charge is 2.19. The molecule has 3 N–H and O–H groups in total. The summed E-state index contributed by atoms with van der Waals surface area (Å²) in [5.41, 5.74) is -0.354. The van der Waals surface area contributed by atoms with Crippen molar-refractivity contribution in [1.29, 1.82) is 0 Å². The summed E-state index contributed by atoms with van der Waals surface area (Å²) in [6.45, 7) is 0. The van der Waals surface area contributed by atoms with E-state index in [1.54, 1.807) is 0 Å². The average Bonchev–Trinajstić information content (AvgIpc) is 2.09. The van der Waals surface area contributed by atoms with Gasteiger partial charge in [0.2, 0.25) is 0 Å². The maximum atomic E-state index is 10.1. The van der Waals surface area contributed by atoms with E-state index in [-0.39, 0.29) is 11.5 Å². The molecule has 72 valence electrons. The Hall–Kier alpha value is -0.130. The second-order valence-corrected chi connectivity index (χ2v) is 3.47. The first kappa shape index (κ1) is 11.9. The summed E-state index contributed by atoms with van der Waals surface area (Å²) < 4.78 is 13.4. The van der Waals surface area contributed by atoms with E-state index in [2.05, 4.69) is 4.74 Å². The standard InChI is InChI=1S/C4H5ClO2.H3O4P/c5-3-1-2-4(6)7-3;1-5(2,3)4/h3H,1-2H2;(H3,1,2,3,4). The van der Waals surface area contributed by atoms with Crippen LogP contribution in [0.5, 0.6) is 0 Å². The highest BCUT2D eigenvalue weighted by Crippen LogP contribution is 2.25. The maximum Gasteiger partial charge on any atom is 0.466 e. The van der Waals surface area contributed by atoms with Gasteiger partial charge in [0.1, 0.15) is 0 Å². The van der Waals surface area contributed by atoms with Crippen LogP contribution in [0.3, 0.4) is 0 Å². The molecule has 0 spiro atoms. The first-order chi connectivity index (χ1) is 5.29. The van der Waals surface area contributed by atoms with E-state index in [1.807, 2.05) is 0 Å². The first-order valence-electron chi connectivity index (χ1n) is 2.91. The molecule has 1 saturated heterocycles. The Morgan fingerprint density at radius 1 is 1.50 bits per heavy atom. The van der Waals surface area contributed by atoms with Crippen LogP contribution >= 0.6 is 19.4 Å². The number of phosphoric acid groups is 1. The fraction of sp³-hybridized carbons (Fsp3) is 0.750. The Labute approximate surface area is 73.3 Å². The zero-order valence-electron chi connectivity index (χ0n) is 5.88. The summed E-state index contributed by atoms with van der Waals surface area (Å²) in [6.07, 6.45) is 1.15. The Morgan fingerprint density at radius 3 is 2.00 bits per heavy atom. The Morgan fingerprint density at radius 2 is 1.92 bits per heavy atom. The maximum absolute atomic E-state index is 10.1. The van der Waals surface area contributed by atoms with Crippen molar-refractivity contribution in [1.82, 2.24) is 0 Å². The van der Waals surface area contributed by atoms with E-state index < -0.39 is 7.82 Å². The zero-order valence-corrected chi connectivity index (χ0v) is 7.53. The molecule has 0 aromatic heterocycles. The van der Waals surface area contributed by atoms with Crippen molar-refractivity contribution in [3.63, 3.8) is 0 Å². The van der Waals surface area contributed by atoms with Crippen LogP contribution in [0.4, 0.5) is 0 Å². The average molecular weight is 219 g/mol. The minimum atomic E-state index is -4.64. The number of esters is 1. The Bertz CT molecular complexity index is 191. The third-order valence-corrected chi connectivity index (χ3v) is 1.14. The number of alkyl halides is 1. The van der Waals surface area contributed by atoms with Crippen LogP contribution in [0, 0.1) is 0 Å². The minimum absolute atomic E-state index is 0.181. The van der Waals surface area contributed by atoms with Gasteiger partial charge in [-0.15, -0.1) is 0 Å². The highest BCUT2D eigenvalue weighted by molar-refractivity contribution is 7.45. The molecule has 1 atom stereocenters. The number of cyclic esters (lactones) is 1. The van der Waals surface area contributed by atoms with Gasteiger partial charge in [0.05, 0.1) is 6.42 Å². The summed E-state index contributed by atoms with van der Waals surface area (Å²) in [4.78, 5) is 31.7. The number of hydrogen-bond donors (Lipinski definition) is 3. The van der Waals surface area contributed by atoms with Gasteiger partial charge in [-0.05, 0) is 0 Å². The zero-order chi connectivity index (χ0) is 9.78. The van der Waals surface area contributed by atoms with Crippen LogP contribution in [0.1, 0.15) is 12.8 Å². The quantitative estimate of drug-likeness (QED) is 0.299. The molecule has 0 aliphatic carbocycles. The molecule has 0 aromatic rings. The molecule has 0 saturated carbocycles. The molecule has 1 fully saturated rings. The van der Waals surface area contributed by atoms with Gasteiger partial charge in [0, 0.05) is 6.42 Å². The van der Waals surface area contributed by atoms with Gasteiger partial charge in [0.15, 0.2) is 5.56 Å². The van der Waals surface area contributed by atoms with Gasteiger partial charge < -0.3 is 19.4 Å². The molecule has 6 nitrogen and oxygen atoms in total. The van der Waals surface area contributed by atoms with Crippen molar-refractivity contribution in [2.24, 2.45) is 0 Å². The molecule has 1 aliphatic rings. The van der Waals surface area contributed by atoms with Gasteiger partial charge in [-0.1, -0.05) is 11.6 Å². The number of ether oxygens (including phenoxy) is 1. The van der Waals surface area contributed by atoms with Gasteiger partial charge in [-0.3, -0.25) is 4.79 Å². The van der Waals surface area contributed by atoms with E-state index in [4.69, 9.17) is 30.8 Å². The Kier molecular flexibility index (Phi) is 4.74. The van der Waals surface area contributed by atoms with Crippen molar-refractivity contribution >= 4 is 25.4 Å². The van der Waals surface area contributed by atoms with Gasteiger partial charge >= 0.3 is 13.8 Å². The SMILES string of the molecule is O=C1CCC(Cl)O1.O=P(O)(O)O. The topological polar surface area (TPSA) is 104 Å². The molecule has 1 rings (SSSR count). The normalized spacial score (nSPS) is 22.7. The molecule has 1 unspecified atom stereocenters. The number of hydrogen-bond acceptors (Lipinski definition) is 3. The predicted molar refractivity (Wildman–Crippen MR) is 39.2 cm³/mol. The van der Waals surface area contributed by atoms with Gasteiger partial charge in [-0.2, -0.15) is 0 Å². The van der Waals surface area contributed by atoms with Crippen molar-refractivity contribution in [2.45, 2.75) is 18.4 Å². The molecule has 12 heavy (non-hydrogen) atoms. The fourth-order valence-corrected chi connectivity index (χ4v) is 0.700. The third kappa shape index (κ3) is 9.87. The van der Waals surface area contributed by atoms with E-state index >= 15 is 0 Å². The minimum Gasteiger partial charge on any atom is -0.446 e. The first-order valence-corrected chi connectivity index (χ1v) is 4.91. The fourth-order valence-electron chi connectivity index (χ4n) is 0.492. The molecule has 0 radical (unpaired) electrons. The third-order valence-electron chi connectivity index (χ3n) is 0.835. The lowest BCUT2D eigenvalue weighted by Crippen LogP contribution is -1.95. The smallest absolute Gasteiger partial charge is 0.446 e. The van der Waals surface area contributed by atoms with E-state index in [0.717, 1.165) is 0 Å². The molecular weight excluding hydrogens is 210 g/mol. The van der Waals surface area contributed by atoms with E-state index in [9.17, 15) is 4.79 Å². The van der Waals surface area contributed by atoms with Crippen molar-refractivity contribution in [2.75, 3.05) is 0 Å². The molecule has 8 heteroatoms. The van der Waals surface area contributed by atoms with Crippen molar-refractivity contribution < 1.29 is 28.8 Å². The lowest BCUT2D eigenvalue weighted by molar-refractivity contribution is -0.139. The molecule has 1 heterocycles. The number of rotatable bonds is 0. The van der Waals surface area contributed by atoms with E-state index in [0.29, 0.717) is 12.8 Å². The summed E-state index contributed by atoms with van der Waals surface area (Å²) in [6, 6.07) is 0. The summed E-state index contributed by atoms with van der Waals surface area (Å²) in [7, 11) is -4.64. The lowest BCUT2D eigenvalue weighted by Gasteiger charge is -1.92. The molecule has 1 aliphatic heterocycles. The monoisotopic (exact) mass is 218 g/mol. The predicted octanol–water partition coefficient (Wildman–Crippen LogP) is -0.0403. The van der Waals surface area contributed by atoms with E-state index in [1.165, 1.54) is 0 Å². The van der Waals surface area contributed by atoms with Crippen LogP contribution < -0.4 is 0 Å². The van der Waals surface area contributed by atoms with Crippen LogP contribution in [0.25, 0.3) is 0 Å². The largest absolute Gasteiger partial charge is 0.466 e. The highest BCUT2D eigenvalue weighted by atomic mass is 35.5. The number of halogens is 1. The second kappa shape index (κ2) is 4.79. The molecular formula is C4H8ClO6P. The van der Waals surface area contributed by atoms with Crippen molar-refractivity contribution in [3.8, 4) is 0 Å². The second-order valence-electron chi connectivity index (χ2n) is 1.95. The van der Waals surface area contributed by atoms with Crippen LogP contribution in [-0.2, 0) is 14.1 Å².